The van der Waals surface area contributed by atoms with E-state index in [4.69, 9.17) is 4.74 Å². The molecule has 0 bridgehead atoms. The van der Waals surface area contributed by atoms with Crippen molar-refractivity contribution in [1.29, 1.82) is 0 Å². The summed E-state index contributed by atoms with van der Waals surface area (Å²) in [6, 6.07) is 13.4. The molecular formula is C22H20N6O2. The lowest BCUT2D eigenvalue weighted by atomic mass is 10.1. The van der Waals surface area contributed by atoms with Gasteiger partial charge in [-0.2, -0.15) is 0 Å². The van der Waals surface area contributed by atoms with Gasteiger partial charge in [0.2, 0.25) is 0 Å². The number of aromatic nitrogens is 5. The lowest BCUT2D eigenvalue weighted by Gasteiger charge is -2.32. The molecule has 1 amide bonds. The predicted molar refractivity (Wildman–Crippen MR) is 110 cm³/mol. The molecular weight excluding hydrogens is 380 g/mol. The number of carbonyl (C=O) groups excluding carboxylic acids is 1. The highest BCUT2D eigenvalue weighted by Crippen LogP contribution is 2.27. The molecule has 0 N–H and O–H groups in total. The summed E-state index contributed by atoms with van der Waals surface area (Å²) in [5.74, 6) is -0.0940. The van der Waals surface area contributed by atoms with Crippen molar-refractivity contribution < 1.29 is 9.53 Å². The number of ether oxygens (including phenoxy) is 1. The smallest absolute Gasteiger partial charge is 0.272 e. The normalized spacial score (nSPS) is 16.7. The fraction of sp³-hybridized carbons (Fsp3) is 0.227. The molecule has 4 aromatic heterocycles. The topological polar surface area (TPSA) is 85.5 Å². The van der Waals surface area contributed by atoms with Crippen LogP contribution in [0.5, 0.6) is 0 Å². The fourth-order valence-corrected chi connectivity index (χ4v) is 3.68. The molecule has 8 nitrogen and oxygen atoms in total. The fourth-order valence-electron chi connectivity index (χ4n) is 3.68. The molecule has 150 valence electrons. The number of fused-ring (bicyclic) bond motifs is 1. The van der Waals surface area contributed by atoms with Gasteiger partial charge in [-0.3, -0.25) is 9.78 Å². The minimum Gasteiger partial charge on any atom is -0.368 e. The number of hydrogen-bond donors (Lipinski definition) is 0. The largest absolute Gasteiger partial charge is 0.368 e. The van der Waals surface area contributed by atoms with E-state index in [1.165, 1.54) is 0 Å². The molecule has 1 aliphatic rings. The van der Waals surface area contributed by atoms with Gasteiger partial charge in [-0.15, -0.1) is 5.10 Å². The highest BCUT2D eigenvalue weighted by Gasteiger charge is 2.29. The van der Waals surface area contributed by atoms with Crippen LogP contribution in [0.4, 0.5) is 0 Å². The molecule has 5 heterocycles. The average Bonchev–Trinajstić information content (AvgIpc) is 3.22. The van der Waals surface area contributed by atoms with Gasteiger partial charge in [-0.25, -0.2) is 9.50 Å². The standard InChI is InChI=1S/C22H20N6O2/c1-15-3-2-4-18(24-15)22(29)27-11-12-30-20(14-27)21-19-6-5-17(13-28(19)26-25-21)16-7-9-23-10-8-16/h2-10,13,20H,11-12,14H2,1H3/t20-/m1/s1. The van der Waals surface area contributed by atoms with Gasteiger partial charge in [-0.05, 0) is 42.8 Å². The molecule has 1 aliphatic heterocycles. The van der Waals surface area contributed by atoms with Crippen molar-refractivity contribution in [3.8, 4) is 11.1 Å². The van der Waals surface area contributed by atoms with E-state index in [1.54, 1.807) is 27.9 Å². The van der Waals surface area contributed by atoms with Crippen molar-refractivity contribution in [3.05, 3.63) is 78.1 Å². The maximum atomic E-state index is 12.9. The molecule has 0 radical (unpaired) electrons. The van der Waals surface area contributed by atoms with E-state index in [0.717, 1.165) is 28.0 Å². The molecule has 1 fully saturated rings. The Kier molecular flexibility index (Phi) is 4.68. The number of nitrogens with zero attached hydrogens (tertiary/aromatic N) is 6. The molecule has 4 aromatic rings. The molecule has 0 aromatic carbocycles. The van der Waals surface area contributed by atoms with E-state index in [9.17, 15) is 4.79 Å². The van der Waals surface area contributed by atoms with E-state index in [-0.39, 0.29) is 12.0 Å². The zero-order chi connectivity index (χ0) is 20.5. The van der Waals surface area contributed by atoms with Gasteiger partial charge in [0.05, 0.1) is 18.7 Å². The summed E-state index contributed by atoms with van der Waals surface area (Å²) in [6.45, 7) is 3.25. The van der Waals surface area contributed by atoms with Gasteiger partial charge in [0, 0.05) is 36.4 Å². The van der Waals surface area contributed by atoms with E-state index < -0.39 is 0 Å². The lowest BCUT2D eigenvalue weighted by molar-refractivity contribution is -0.0243. The second-order valence-corrected chi connectivity index (χ2v) is 7.23. The molecule has 5 rings (SSSR count). The summed E-state index contributed by atoms with van der Waals surface area (Å²) in [7, 11) is 0. The van der Waals surface area contributed by atoms with Gasteiger partial charge in [0.1, 0.15) is 17.5 Å². The first-order valence-corrected chi connectivity index (χ1v) is 9.79. The number of carbonyl (C=O) groups is 1. The zero-order valence-corrected chi connectivity index (χ0v) is 16.5. The quantitative estimate of drug-likeness (QED) is 0.526. The van der Waals surface area contributed by atoms with Crippen LogP contribution in [-0.4, -0.2) is 55.3 Å². The second-order valence-electron chi connectivity index (χ2n) is 7.23. The molecule has 0 aliphatic carbocycles. The summed E-state index contributed by atoms with van der Waals surface area (Å²) in [5, 5.41) is 8.63. The van der Waals surface area contributed by atoms with Crippen molar-refractivity contribution in [3.63, 3.8) is 0 Å². The summed E-state index contributed by atoms with van der Waals surface area (Å²) in [5.41, 5.74) is 4.94. The molecule has 0 saturated carbocycles. The highest BCUT2D eigenvalue weighted by molar-refractivity contribution is 5.92. The SMILES string of the molecule is Cc1cccc(C(=O)N2CCO[C@@H](c3nnn4cc(-c5ccncc5)ccc34)C2)n1. The average molecular weight is 400 g/mol. The van der Waals surface area contributed by atoms with E-state index in [0.29, 0.717) is 25.4 Å². The number of rotatable bonds is 3. The van der Waals surface area contributed by atoms with Crippen LogP contribution in [-0.2, 0) is 4.74 Å². The van der Waals surface area contributed by atoms with Crippen LogP contribution in [0.3, 0.4) is 0 Å². The Bertz CT molecular complexity index is 1210. The number of amides is 1. The van der Waals surface area contributed by atoms with Gasteiger partial charge < -0.3 is 9.64 Å². The van der Waals surface area contributed by atoms with Gasteiger partial charge in [0.25, 0.3) is 5.91 Å². The Labute approximate surface area is 173 Å². The Morgan fingerprint density at radius 1 is 1.10 bits per heavy atom. The van der Waals surface area contributed by atoms with Crippen LogP contribution in [0.2, 0.25) is 0 Å². The number of hydrogen-bond acceptors (Lipinski definition) is 6. The maximum Gasteiger partial charge on any atom is 0.272 e. The highest BCUT2D eigenvalue weighted by atomic mass is 16.5. The molecule has 1 atom stereocenters. The Balaban J connectivity index is 1.40. The predicted octanol–water partition coefficient (Wildman–Crippen LogP) is 2.71. The summed E-state index contributed by atoms with van der Waals surface area (Å²) in [4.78, 5) is 23.1. The minimum atomic E-state index is -0.336. The Morgan fingerprint density at radius 3 is 2.80 bits per heavy atom. The monoisotopic (exact) mass is 400 g/mol. The minimum absolute atomic E-state index is 0.0940. The summed E-state index contributed by atoms with van der Waals surface area (Å²) < 4.78 is 7.69. The molecule has 30 heavy (non-hydrogen) atoms. The first-order valence-electron chi connectivity index (χ1n) is 9.79. The van der Waals surface area contributed by atoms with Gasteiger partial charge >= 0.3 is 0 Å². The molecule has 8 heteroatoms. The summed E-state index contributed by atoms with van der Waals surface area (Å²) >= 11 is 0. The second kappa shape index (κ2) is 7.64. The van der Waals surface area contributed by atoms with E-state index in [1.807, 2.05) is 49.5 Å². The van der Waals surface area contributed by atoms with Crippen LogP contribution < -0.4 is 0 Å². The Morgan fingerprint density at radius 2 is 1.97 bits per heavy atom. The number of aryl methyl sites for hydroxylation is 1. The Hall–Kier alpha value is -3.65. The first-order chi connectivity index (χ1) is 14.7. The van der Waals surface area contributed by atoms with Crippen LogP contribution in [0, 0.1) is 6.92 Å². The molecule has 0 unspecified atom stereocenters. The molecule has 1 saturated heterocycles. The van der Waals surface area contributed by atoms with Crippen molar-refractivity contribution in [2.75, 3.05) is 19.7 Å². The van der Waals surface area contributed by atoms with E-state index >= 15 is 0 Å². The van der Waals surface area contributed by atoms with Crippen molar-refractivity contribution in [1.82, 2.24) is 29.7 Å². The van der Waals surface area contributed by atoms with Crippen LogP contribution in [0.25, 0.3) is 16.6 Å². The third kappa shape index (κ3) is 3.42. The van der Waals surface area contributed by atoms with Gasteiger partial charge in [0.15, 0.2) is 0 Å². The van der Waals surface area contributed by atoms with Crippen molar-refractivity contribution >= 4 is 11.4 Å². The van der Waals surface area contributed by atoms with Crippen LogP contribution in [0.15, 0.2) is 61.1 Å². The first kappa shape index (κ1) is 18.4. The van der Waals surface area contributed by atoms with E-state index in [2.05, 4.69) is 20.3 Å². The van der Waals surface area contributed by atoms with Crippen molar-refractivity contribution in [2.45, 2.75) is 13.0 Å². The lowest BCUT2D eigenvalue weighted by Crippen LogP contribution is -2.42. The third-order valence-electron chi connectivity index (χ3n) is 5.22. The van der Waals surface area contributed by atoms with Crippen LogP contribution >= 0.6 is 0 Å². The maximum absolute atomic E-state index is 12.9. The van der Waals surface area contributed by atoms with Gasteiger partial charge in [-0.1, -0.05) is 17.3 Å². The summed E-state index contributed by atoms with van der Waals surface area (Å²) in [6.07, 6.45) is 5.12. The third-order valence-corrected chi connectivity index (χ3v) is 5.22. The van der Waals surface area contributed by atoms with Crippen LogP contribution in [0.1, 0.15) is 28.0 Å². The van der Waals surface area contributed by atoms with Crippen molar-refractivity contribution in [2.24, 2.45) is 0 Å². The number of morpholine rings is 1. The molecule has 0 spiro atoms. The number of pyridine rings is 3. The zero-order valence-electron chi connectivity index (χ0n) is 16.5.